The van der Waals surface area contributed by atoms with Gasteiger partial charge in [-0.1, -0.05) is 17.7 Å². The number of hydrogen-bond donors (Lipinski definition) is 3. The van der Waals surface area contributed by atoms with E-state index in [1.54, 1.807) is 24.3 Å². The zero-order valence-electron chi connectivity index (χ0n) is 11.1. The summed E-state index contributed by atoms with van der Waals surface area (Å²) in [5.74, 6) is -1.17. The lowest BCUT2D eigenvalue weighted by molar-refractivity contribution is -0.114. The Morgan fingerprint density at radius 3 is 2.57 bits per heavy atom. The van der Waals surface area contributed by atoms with Crippen molar-refractivity contribution in [3.8, 4) is 0 Å². The van der Waals surface area contributed by atoms with E-state index in [4.69, 9.17) is 16.7 Å². The summed E-state index contributed by atoms with van der Waals surface area (Å²) in [5.41, 5.74) is 1.18. The number of nitrogens with zero attached hydrogens (tertiary/aromatic N) is 1. The molecule has 0 saturated heterocycles. The number of benzene rings is 1. The fourth-order valence-electron chi connectivity index (χ4n) is 1.72. The Balaban J connectivity index is 2.31. The third-order valence-corrected chi connectivity index (χ3v) is 2.75. The molecule has 0 aliphatic carbocycles. The van der Waals surface area contributed by atoms with Gasteiger partial charge in [-0.2, -0.15) is 0 Å². The Hall–Kier alpha value is -2.60. The van der Waals surface area contributed by atoms with Gasteiger partial charge in [0.1, 0.15) is 16.5 Å². The summed E-state index contributed by atoms with van der Waals surface area (Å²) in [5, 5.41) is 14.8. The predicted octanol–water partition coefficient (Wildman–Crippen LogP) is 3.14. The SMILES string of the molecule is CC(=O)Nc1cccc(Nc2nc(Cl)ccc2C(=O)O)c1. The summed E-state index contributed by atoms with van der Waals surface area (Å²) in [7, 11) is 0. The summed E-state index contributed by atoms with van der Waals surface area (Å²) in [6.45, 7) is 1.40. The predicted molar refractivity (Wildman–Crippen MR) is 80.2 cm³/mol. The maximum absolute atomic E-state index is 11.2. The fraction of sp³-hybridized carbons (Fsp3) is 0.0714. The zero-order valence-corrected chi connectivity index (χ0v) is 11.8. The molecule has 6 nitrogen and oxygen atoms in total. The number of anilines is 3. The van der Waals surface area contributed by atoms with Crippen LogP contribution in [0.15, 0.2) is 36.4 Å². The molecule has 0 spiro atoms. The minimum Gasteiger partial charge on any atom is -0.478 e. The molecule has 0 aliphatic heterocycles. The molecule has 7 heteroatoms. The number of carbonyl (C=O) groups is 2. The molecule has 2 aromatic rings. The molecule has 0 radical (unpaired) electrons. The molecule has 21 heavy (non-hydrogen) atoms. The number of carboxylic acid groups (broad SMARTS) is 1. The molecule has 1 amide bonds. The first-order valence-electron chi connectivity index (χ1n) is 6.00. The van der Waals surface area contributed by atoms with E-state index in [0.717, 1.165) is 0 Å². The van der Waals surface area contributed by atoms with E-state index in [0.29, 0.717) is 11.4 Å². The molecule has 3 N–H and O–H groups in total. The lowest BCUT2D eigenvalue weighted by atomic mass is 10.2. The van der Waals surface area contributed by atoms with Gasteiger partial charge in [-0.3, -0.25) is 4.79 Å². The van der Waals surface area contributed by atoms with E-state index in [9.17, 15) is 9.59 Å². The van der Waals surface area contributed by atoms with Crippen molar-refractivity contribution in [2.24, 2.45) is 0 Å². The van der Waals surface area contributed by atoms with Gasteiger partial charge in [0.15, 0.2) is 0 Å². The van der Waals surface area contributed by atoms with Gasteiger partial charge < -0.3 is 15.7 Å². The Morgan fingerprint density at radius 2 is 1.90 bits per heavy atom. The van der Waals surface area contributed by atoms with Crippen molar-refractivity contribution in [2.45, 2.75) is 6.92 Å². The molecule has 0 saturated carbocycles. The lowest BCUT2D eigenvalue weighted by Gasteiger charge is -2.10. The second kappa shape index (κ2) is 6.23. The number of pyridine rings is 1. The summed E-state index contributed by atoms with van der Waals surface area (Å²) in [6, 6.07) is 9.60. The molecular weight excluding hydrogens is 294 g/mol. The van der Waals surface area contributed by atoms with Gasteiger partial charge in [0.2, 0.25) is 5.91 Å². The lowest BCUT2D eigenvalue weighted by Crippen LogP contribution is -2.07. The first-order valence-corrected chi connectivity index (χ1v) is 6.38. The van der Waals surface area contributed by atoms with E-state index < -0.39 is 5.97 Å². The fourth-order valence-corrected chi connectivity index (χ4v) is 1.87. The van der Waals surface area contributed by atoms with Crippen LogP contribution in [0, 0.1) is 0 Å². The van der Waals surface area contributed by atoms with Crippen LogP contribution in [0.2, 0.25) is 5.15 Å². The van der Waals surface area contributed by atoms with Crippen LogP contribution in [0.3, 0.4) is 0 Å². The molecule has 2 rings (SSSR count). The molecule has 0 aliphatic rings. The van der Waals surface area contributed by atoms with Crippen LogP contribution >= 0.6 is 11.6 Å². The maximum atomic E-state index is 11.2. The van der Waals surface area contributed by atoms with Gasteiger partial charge in [0.05, 0.1) is 0 Å². The van der Waals surface area contributed by atoms with Gasteiger partial charge in [-0.25, -0.2) is 9.78 Å². The van der Waals surface area contributed by atoms with E-state index in [1.807, 2.05) is 0 Å². The number of hydrogen-bond acceptors (Lipinski definition) is 4. The Bertz CT molecular complexity index is 704. The van der Waals surface area contributed by atoms with E-state index in [2.05, 4.69) is 15.6 Å². The van der Waals surface area contributed by atoms with E-state index >= 15 is 0 Å². The topological polar surface area (TPSA) is 91.3 Å². The zero-order chi connectivity index (χ0) is 15.4. The first-order chi connectivity index (χ1) is 9.95. The number of carboxylic acids is 1. The van der Waals surface area contributed by atoms with Gasteiger partial charge in [-0.15, -0.1) is 0 Å². The Kier molecular flexibility index (Phi) is 4.39. The summed E-state index contributed by atoms with van der Waals surface area (Å²) in [4.78, 5) is 26.2. The number of halogens is 1. The van der Waals surface area contributed by atoms with Crippen molar-refractivity contribution < 1.29 is 14.7 Å². The van der Waals surface area contributed by atoms with Crippen molar-refractivity contribution in [1.29, 1.82) is 0 Å². The second-order valence-corrected chi connectivity index (χ2v) is 4.61. The van der Waals surface area contributed by atoms with Gasteiger partial charge in [0.25, 0.3) is 0 Å². The van der Waals surface area contributed by atoms with Crippen LogP contribution < -0.4 is 10.6 Å². The average molecular weight is 306 g/mol. The minimum absolute atomic E-state index is 0.00401. The number of nitrogens with one attached hydrogen (secondary N) is 2. The van der Waals surface area contributed by atoms with Gasteiger partial charge in [0, 0.05) is 18.3 Å². The largest absolute Gasteiger partial charge is 0.478 e. The summed E-state index contributed by atoms with van der Waals surface area (Å²) >= 11 is 5.79. The molecule has 0 unspecified atom stereocenters. The van der Waals surface area contributed by atoms with Crippen molar-refractivity contribution in [2.75, 3.05) is 10.6 Å². The molecule has 1 aromatic carbocycles. The smallest absolute Gasteiger partial charge is 0.339 e. The first kappa shape index (κ1) is 14.8. The standard InChI is InChI=1S/C14H12ClN3O3/c1-8(19)16-9-3-2-4-10(7-9)17-13-11(14(20)21)5-6-12(15)18-13/h2-7H,1H3,(H,16,19)(H,17,18)(H,20,21). The molecule has 108 valence electrons. The highest BCUT2D eigenvalue weighted by molar-refractivity contribution is 6.29. The highest BCUT2D eigenvalue weighted by atomic mass is 35.5. The van der Waals surface area contributed by atoms with Crippen molar-refractivity contribution in [1.82, 2.24) is 4.98 Å². The quantitative estimate of drug-likeness (QED) is 0.755. The Labute approximate surface area is 125 Å². The number of amides is 1. The van der Waals surface area contributed by atoms with E-state index in [-0.39, 0.29) is 22.4 Å². The maximum Gasteiger partial charge on any atom is 0.339 e. The van der Waals surface area contributed by atoms with Crippen LogP contribution in [0.4, 0.5) is 17.2 Å². The highest BCUT2D eigenvalue weighted by Gasteiger charge is 2.12. The number of aromatic nitrogens is 1. The molecule has 0 bridgehead atoms. The summed E-state index contributed by atoms with van der Waals surface area (Å²) in [6.07, 6.45) is 0. The van der Waals surface area contributed by atoms with Crippen molar-refractivity contribution in [3.05, 3.63) is 47.1 Å². The second-order valence-electron chi connectivity index (χ2n) is 4.22. The van der Waals surface area contributed by atoms with Crippen LogP contribution in [0.25, 0.3) is 0 Å². The van der Waals surface area contributed by atoms with Crippen molar-refractivity contribution in [3.63, 3.8) is 0 Å². The molecule has 0 atom stereocenters. The van der Waals surface area contributed by atoms with Gasteiger partial charge >= 0.3 is 5.97 Å². The van der Waals surface area contributed by atoms with Crippen LogP contribution in [-0.2, 0) is 4.79 Å². The molecule has 1 aromatic heterocycles. The normalized spacial score (nSPS) is 10.0. The van der Waals surface area contributed by atoms with E-state index in [1.165, 1.54) is 19.1 Å². The molecule has 1 heterocycles. The Morgan fingerprint density at radius 1 is 1.19 bits per heavy atom. The summed E-state index contributed by atoms with van der Waals surface area (Å²) < 4.78 is 0. The molecular formula is C14H12ClN3O3. The molecule has 0 fully saturated rings. The van der Waals surface area contributed by atoms with Crippen LogP contribution in [-0.4, -0.2) is 22.0 Å². The van der Waals surface area contributed by atoms with Gasteiger partial charge in [-0.05, 0) is 30.3 Å². The number of aromatic carboxylic acids is 1. The van der Waals surface area contributed by atoms with Crippen LogP contribution in [0.5, 0.6) is 0 Å². The van der Waals surface area contributed by atoms with Crippen molar-refractivity contribution >= 4 is 40.7 Å². The number of rotatable bonds is 4. The highest BCUT2D eigenvalue weighted by Crippen LogP contribution is 2.23. The number of carbonyl (C=O) groups excluding carboxylic acids is 1. The minimum atomic E-state index is -1.11. The third kappa shape index (κ3) is 3.93. The average Bonchev–Trinajstić information content (AvgIpc) is 2.38. The van der Waals surface area contributed by atoms with Crippen LogP contribution in [0.1, 0.15) is 17.3 Å². The monoisotopic (exact) mass is 305 g/mol. The third-order valence-electron chi connectivity index (χ3n) is 2.54.